The van der Waals surface area contributed by atoms with Crippen LogP contribution in [0.15, 0.2) is 59.6 Å². The molecular weight excluding hydrogens is 396 g/mol. The van der Waals surface area contributed by atoms with E-state index in [1.165, 1.54) is 5.56 Å². The molecular formula is C23H32N4O2S+2. The van der Waals surface area contributed by atoms with E-state index in [0.717, 1.165) is 57.8 Å². The maximum Gasteiger partial charge on any atom is 0.274 e. The molecule has 2 aliphatic rings. The number of nitrogens with one attached hydrogen (secondary N) is 2. The number of aromatic nitrogens is 1. The third kappa shape index (κ3) is 5.09. The summed E-state index contributed by atoms with van der Waals surface area (Å²) in [5.74, 6) is 0.992. The predicted octanol–water partition coefficient (Wildman–Crippen LogP) is 1.09. The standard InChI is InChI=1S/C23H30N4O2S/c28-30(29,27-14-5-2-6-15-27)22-11-12-23(24-20-22)26-18-16-25(17-19-26)13-7-10-21-8-3-1-4-9-21/h1,3-4,7-12,20H,2,5-6,13-19H2/p+2/b10-7+. The average Bonchev–Trinajstić information content (AvgIpc) is 2.81. The van der Waals surface area contributed by atoms with Gasteiger partial charge in [-0.25, -0.2) is 13.4 Å². The highest BCUT2D eigenvalue weighted by molar-refractivity contribution is 7.89. The highest BCUT2D eigenvalue weighted by Gasteiger charge is 2.29. The van der Waals surface area contributed by atoms with Crippen LogP contribution in [0.4, 0.5) is 5.82 Å². The van der Waals surface area contributed by atoms with Crippen LogP contribution in [0.3, 0.4) is 0 Å². The summed E-state index contributed by atoms with van der Waals surface area (Å²) in [7, 11) is -3.38. The highest BCUT2D eigenvalue weighted by Crippen LogP contribution is 2.20. The molecule has 0 atom stereocenters. The van der Waals surface area contributed by atoms with Crippen molar-refractivity contribution in [3.63, 3.8) is 0 Å². The number of hydrogen-bond donors (Lipinski definition) is 1. The van der Waals surface area contributed by atoms with Crippen molar-refractivity contribution in [1.29, 1.82) is 0 Å². The van der Waals surface area contributed by atoms with E-state index in [2.05, 4.69) is 46.3 Å². The van der Waals surface area contributed by atoms with Crippen molar-refractivity contribution in [3.8, 4) is 0 Å². The summed E-state index contributed by atoms with van der Waals surface area (Å²) in [6.07, 6.45) is 9.12. The molecule has 1 aromatic carbocycles. The topological polar surface area (TPSA) is 59.2 Å². The maximum atomic E-state index is 12.8. The maximum absolute atomic E-state index is 12.8. The summed E-state index contributed by atoms with van der Waals surface area (Å²) < 4.78 is 27.2. The Morgan fingerprint density at radius 1 is 0.933 bits per heavy atom. The van der Waals surface area contributed by atoms with E-state index >= 15 is 0 Å². The molecule has 0 aliphatic carbocycles. The summed E-state index contributed by atoms with van der Waals surface area (Å²) >= 11 is 0. The molecule has 2 saturated heterocycles. The fraction of sp³-hybridized carbons (Fsp3) is 0.435. The molecule has 0 amide bonds. The van der Waals surface area contributed by atoms with Crippen LogP contribution in [0.25, 0.3) is 6.08 Å². The largest absolute Gasteiger partial charge is 0.325 e. The molecule has 0 saturated carbocycles. The Morgan fingerprint density at radius 2 is 1.67 bits per heavy atom. The molecule has 2 aliphatic heterocycles. The van der Waals surface area contributed by atoms with Gasteiger partial charge >= 0.3 is 0 Å². The van der Waals surface area contributed by atoms with Gasteiger partial charge in [0.25, 0.3) is 5.82 Å². The number of hydrogen-bond acceptors (Lipinski definition) is 3. The third-order valence-corrected chi connectivity index (χ3v) is 7.94. The van der Waals surface area contributed by atoms with Gasteiger partial charge in [0.15, 0.2) is 0 Å². The van der Waals surface area contributed by atoms with Gasteiger partial charge in [0, 0.05) is 19.2 Å². The van der Waals surface area contributed by atoms with E-state index in [4.69, 9.17) is 0 Å². The summed E-state index contributed by atoms with van der Waals surface area (Å²) in [4.78, 5) is 7.47. The minimum absolute atomic E-state index is 0.364. The number of nitrogens with zero attached hydrogens (tertiary/aromatic N) is 2. The van der Waals surface area contributed by atoms with Gasteiger partial charge < -0.3 is 4.90 Å². The molecule has 2 aromatic rings. The number of benzene rings is 1. The van der Waals surface area contributed by atoms with Crippen molar-refractivity contribution in [2.75, 3.05) is 50.7 Å². The van der Waals surface area contributed by atoms with Gasteiger partial charge in [-0.3, -0.25) is 4.90 Å². The van der Waals surface area contributed by atoms with E-state index in [1.54, 1.807) is 21.5 Å². The van der Waals surface area contributed by atoms with Crippen molar-refractivity contribution < 1.29 is 18.3 Å². The Kier molecular flexibility index (Phi) is 6.82. The lowest BCUT2D eigenvalue weighted by molar-refractivity contribution is -0.894. The van der Waals surface area contributed by atoms with Crippen LogP contribution in [-0.2, 0) is 10.0 Å². The molecule has 30 heavy (non-hydrogen) atoms. The zero-order valence-corrected chi connectivity index (χ0v) is 18.3. The number of piperidine rings is 1. The van der Waals surface area contributed by atoms with Crippen LogP contribution in [0.5, 0.6) is 0 Å². The minimum atomic E-state index is -3.38. The molecule has 0 spiro atoms. The lowest BCUT2D eigenvalue weighted by Gasteiger charge is -2.28. The van der Waals surface area contributed by atoms with E-state index in [1.807, 2.05) is 12.1 Å². The number of sulfonamides is 1. The van der Waals surface area contributed by atoms with E-state index in [9.17, 15) is 8.42 Å². The first-order chi connectivity index (χ1) is 14.6. The number of pyridine rings is 1. The number of quaternary nitrogens is 1. The van der Waals surface area contributed by atoms with Crippen molar-refractivity contribution >= 4 is 21.9 Å². The van der Waals surface area contributed by atoms with E-state index in [0.29, 0.717) is 18.0 Å². The molecule has 0 radical (unpaired) electrons. The molecule has 0 unspecified atom stereocenters. The zero-order valence-electron chi connectivity index (χ0n) is 17.5. The monoisotopic (exact) mass is 428 g/mol. The first-order valence-electron chi connectivity index (χ1n) is 10.9. The Balaban J connectivity index is 1.30. The minimum Gasteiger partial charge on any atom is -0.325 e. The Hall–Kier alpha value is -2.22. The van der Waals surface area contributed by atoms with Gasteiger partial charge in [0.05, 0.1) is 6.54 Å². The summed E-state index contributed by atoms with van der Waals surface area (Å²) in [5.41, 5.74) is 1.24. The van der Waals surface area contributed by atoms with E-state index < -0.39 is 10.0 Å². The van der Waals surface area contributed by atoms with Gasteiger partial charge in [-0.15, -0.1) is 0 Å². The van der Waals surface area contributed by atoms with Crippen LogP contribution < -0.4 is 14.8 Å². The number of anilines is 1. The molecule has 160 valence electrons. The Labute approximate surface area is 179 Å². The zero-order chi connectivity index (χ0) is 20.8. The first-order valence-corrected chi connectivity index (χ1v) is 12.4. The van der Waals surface area contributed by atoms with Crippen LogP contribution in [0, 0.1) is 0 Å². The lowest BCUT2D eigenvalue weighted by atomic mass is 10.2. The molecule has 4 rings (SSSR count). The Morgan fingerprint density at radius 3 is 2.33 bits per heavy atom. The van der Waals surface area contributed by atoms with Gasteiger partial charge in [0.2, 0.25) is 10.0 Å². The molecule has 7 heteroatoms. The van der Waals surface area contributed by atoms with Crippen molar-refractivity contribution in [3.05, 3.63) is 60.3 Å². The van der Waals surface area contributed by atoms with Crippen molar-refractivity contribution in [2.24, 2.45) is 0 Å². The Bertz CT molecular complexity index is 931. The van der Waals surface area contributed by atoms with Crippen LogP contribution >= 0.6 is 0 Å². The second-order valence-electron chi connectivity index (χ2n) is 8.13. The average molecular weight is 429 g/mol. The predicted molar refractivity (Wildman–Crippen MR) is 119 cm³/mol. The second-order valence-corrected chi connectivity index (χ2v) is 10.1. The summed E-state index contributed by atoms with van der Waals surface area (Å²) in [6, 6.07) is 14.1. The molecule has 3 heterocycles. The van der Waals surface area contributed by atoms with Crippen LogP contribution in [0.1, 0.15) is 24.8 Å². The lowest BCUT2D eigenvalue weighted by Crippen LogP contribution is -3.14. The normalized spacial score (nSPS) is 19.4. The van der Waals surface area contributed by atoms with E-state index in [-0.39, 0.29) is 0 Å². The number of aromatic amines is 1. The van der Waals surface area contributed by atoms with Crippen molar-refractivity contribution in [2.45, 2.75) is 24.2 Å². The number of H-pyrrole nitrogens is 1. The van der Waals surface area contributed by atoms with Crippen LogP contribution in [0.2, 0.25) is 0 Å². The summed E-state index contributed by atoms with van der Waals surface area (Å²) in [6.45, 7) is 6.36. The fourth-order valence-corrected chi connectivity index (χ4v) is 5.69. The van der Waals surface area contributed by atoms with Gasteiger partial charge in [-0.1, -0.05) is 42.8 Å². The fourth-order valence-electron chi connectivity index (χ4n) is 4.21. The quantitative estimate of drug-likeness (QED) is 0.750. The molecule has 1 aromatic heterocycles. The van der Waals surface area contributed by atoms with Gasteiger partial charge in [0.1, 0.15) is 37.3 Å². The van der Waals surface area contributed by atoms with Crippen molar-refractivity contribution in [1.82, 2.24) is 4.31 Å². The molecule has 6 nitrogen and oxygen atoms in total. The third-order valence-electron chi connectivity index (χ3n) is 6.05. The second kappa shape index (κ2) is 9.73. The highest BCUT2D eigenvalue weighted by atomic mass is 32.2. The number of rotatable bonds is 6. The molecule has 0 bridgehead atoms. The molecule has 2 N–H and O–H groups in total. The number of piperazine rings is 1. The molecule has 2 fully saturated rings. The SMILES string of the molecule is O=S(=O)(c1ccc(N2CC[NH+](C/C=C/c3ccccc3)CC2)[nH+]c1)N1CCCCC1. The summed E-state index contributed by atoms with van der Waals surface area (Å²) in [5, 5.41) is 0. The van der Waals surface area contributed by atoms with Gasteiger partial charge in [-0.05, 0) is 30.5 Å². The van der Waals surface area contributed by atoms with Gasteiger partial charge in [-0.2, -0.15) is 4.31 Å². The van der Waals surface area contributed by atoms with Crippen LogP contribution in [-0.4, -0.2) is 58.5 Å². The first kappa shape index (κ1) is 21.0. The smallest absolute Gasteiger partial charge is 0.274 e.